The van der Waals surface area contributed by atoms with Gasteiger partial charge in [-0.3, -0.25) is 25.0 Å². The van der Waals surface area contributed by atoms with Gasteiger partial charge in [-0.1, -0.05) is 36.4 Å². The average molecular weight is 466 g/mol. The molecule has 0 aromatic heterocycles. The topological polar surface area (TPSA) is 204 Å². The molecule has 4 rings (SSSR count). The van der Waals surface area contributed by atoms with Crippen LogP contribution < -0.4 is 27.0 Å². The molecule has 176 valence electrons. The number of primary amides is 1. The van der Waals surface area contributed by atoms with E-state index in [-0.39, 0.29) is 18.4 Å². The summed E-state index contributed by atoms with van der Waals surface area (Å²) in [5.41, 5.74) is 6.92. The number of aliphatic hydroxyl groups excluding tert-OH is 1. The highest BCUT2D eigenvalue weighted by Gasteiger charge is 2.31. The molecular weight excluding hydrogens is 444 g/mol. The Morgan fingerprint density at radius 1 is 0.941 bits per heavy atom. The highest BCUT2D eigenvalue weighted by molar-refractivity contribution is 6.05. The molecule has 2 fully saturated rings. The van der Waals surface area contributed by atoms with E-state index >= 15 is 0 Å². The molecule has 0 bridgehead atoms. The number of imide groups is 2. The van der Waals surface area contributed by atoms with Gasteiger partial charge in [0.1, 0.15) is 12.1 Å². The highest BCUT2D eigenvalue weighted by Crippen LogP contribution is 2.18. The predicted octanol–water partition coefficient (Wildman–Crippen LogP) is -0.0102. The maximum atomic E-state index is 11.3. The normalized spacial score (nSPS) is 18.0. The molecule has 7 amide bonds. The van der Waals surface area contributed by atoms with E-state index in [4.69, 9.17) is 10.4 Å². The summed E-state index contributed by atoms with van der Waals surface area (Å²) in [4.78, 5) is 53.6. The second-order valence-electron chi connectivity index (χ2n) is 7.04. The molecule has 0 radical (unpaired) electrons. The molecule has 12 heteroatoms. The van der Waals surface area contributed by atoms with Crippen molar-refractivity contribution in [3.05, 3.63) is 70.8 Å². The Labute approximate surface area is 194 Å². The molecule has 2 aromatic rings. The number of nitrogens with two attached hydrogens (primary N) is 1. The maximum Gasteiger partial charge on any atom is 0.322 e. The van der Waals surface area contributed by atoms with Crippen LogP contribution in [0.25, 0.3) is 0 Å². The van der Waals surface area contributed by atoms with E-state index in [1.165, 1.54) is 6.92 Å². The lowest BCUT2D eigenvalue weighted by Crippen LogP contribution is -2.22. The highest BCUT2D eigenvalue weighted by atomic mass is 16.3. The van der Waals surface area contributed by atoms with Gasteiger partial charge >= 0.3 is 12.1 Å². The van der Waals surface area contributed by atoms with Gasteiger partial charge in [0.05, 0.1) is 18.2 Å². The molecule has 0 aliphatic carbocycles. The van der Waals surface area contributed by atoms with Gasteiger partial charge in [0.15, 0.2) is 0 Å². The van der Waals surface area contributed by atoms with Gasteiger partial charge in [-0.05, 0) is 28.8 Å². The van der Waals surface area contributed by atoms with Gasteiger partial charge in [0.25, 0.3) is 11.8 Å². The fourth-order valence-corrected chi connectivity index (χ4v) is 2.96. The standard InChI is InChI=1S/C10H7N3O2.C10H10N2O3.C2H5NO/c11-5-6-2-1-3-7(4-6)8-9(14)13-10(15)12-8;13-5-6-2-1-3-7(4-6)8-9(14)12-10(15)11-8;1-2(3)4/h1-4,8H,(H2,12,13,14,15);1-4,8,13H,5H2,(H2,11,12,14,15);1H3,(H2,3,4). The molecule has 2 aromatic carbocycles. The number of amides is 7. The number of carbonyl (C=O) groups excluding carboxylic acids is 5. The SMILES string of the molecule is CC(N)=O.N#Cc1cccc(C2NC(=O)NC2=O)c1.O=C1NC(=O)C(c2cccc(CO)c2)N1. The number of nitrogens with one attached hydrogen (secondary N) is 4. The van der Waals surface area contributed by atoms with Gasteiger partial charge in [0, 0.05) is 6.92 Å². The Morgan fingerprint density at radius 2 is 1.41 bits per heavy atom. The monoisotopic (exact) mass is 466 g/mol. The van der Waals surface area contributed by atoms with E-state index < -0.39 is 30.1 Å². The summed E-state index contributed by atoms with van der Waals surface area (Å²) in [6, 6.07) is 13.1. The van der Waals surface area contributed by atoms with Crippen molar-refractivity contribution in [1.29, 1.82) is 5.26 Å². The number of benzene rings is 2. The third-order valence-corrected chi connectivity index (χ3v) is 4.36. The van der Waals surface area contributed by atoms with Crippen molar-refractivity contribution in [2.45, 2.75) is 25.6 Å². The molecule has 2 saturated heterocycles. The van der Waals surface area contributed by atoms with E-state index in [0.29, 0.717) is 22.3 Å². The zero-order valence-corrected chi connectivity index (χ0v) is 18.0. The van der Waals surface area contributed by atoms with E-state index in [9.17, 15) is 24.0 Å². The second kappa shape index (κ2) is 11.7. The van der Waals surface area contributed by atoms with Crippen LogP contribution in [0, 0.1) is 11.3 Å². The van der Waals surface area contributed by atoms with Crippen LogP contribution >= 0.6 is 0 Å². The quantitative estimate of drug-likeness (QED) is 0.341. The molecule has 34 heavy (non-hydrogen) atoms. The van der Waals surface area contributed by atoms with Crippen LogP contribution in [0.5, 0.6) is 0 Å². The van der Waals surface area contributed by atoms with E-state index in [1.54, 1.807) is 48.5 Å². The number of hydrogen-bond donors (Lipinski definition) is 6. The van der Waals surface area contributed by atoms with Gasteiger partial charge in [0.2, 0.25) is 5.91 Å². The van der Waals surface area contributed by atoms with Crippen LogP contribution in [-0.2, 0) is 21.0 Å². The van der Waals surface area contributed by atoms with Gasteiger partial charge in [-0.15, -0.1) is 0 Å². The number of rotatable bonds is 3. The van der Waals surface area contributed by atoms with E-state index in [2.05, 4.69) is 27.0 Å². The first-order valence-electron chi connectivity index (χ1n) is 9.83. The molecule has 2 aliphatic heterocycles. The molecule has 7 N–H and O–H groups in total. The fourth-order valence-electron chi connectivity index (χ4n) is 2.96. The smallest absolute Gasteiger partial charge is 0.322 e. The van der Waals surface area contributed by atoms with Crippen molar-refractivity contribution in [3.8, 4) is 6.07 Å². The molecule has 0 spiro atoms. The predicted molar refractivity (Wildman–Crippen MR) is 117 cm³/mol. The first kappa shape index (κ1) is 25.5. The Kier molecular flexibility index (Phi) is 8.81. The molecule has 2 atom stereocenters. The molecule has 2 heterocycles. The summed E-state index contributed by atoms with van der Waals surface area (Å²) in [5, 5.41) is 26.9. The number of carbonyl (C=O) groups is 5. The summed E-state index contributed by atoms with van der Waals surface area (Å²) in [6.45, 7) is 1.22. The lowest BCUT2D eigenvalue weighted by Gasteiger charge is -2.08. The summed E-state index contributed by atoms with van der Waals surface area (Å²) >= 11 is 0. The number of aliphatic hydroxyl groups is 1. The third-order valence-electron chi connectivity index (χ3n) is 4.36. The van der Waals surface area contributed by atoms with Crippen LogP contribution in [0.15, 0.2) is 48.5 Å². The van der Waals surface area contributed by atoms with Crippen LogP contribution in [0.3, 0.4) is 0 Å². The van der Waals surface area contributed by atoms with Crippen molar-refractivity contribution in [1.82, 2.24) is 21.3 Å². The minimum atomic E-state index is -0.689. The Morgan fingerprint density at radius 3 is 1.82 bits per heavy atom. The van der Waals surface area contributed by atoms with Crippen LogP contribution in [0.2, 0.25) is 0 Å². The molecule has 12 nitrogen and oxygen atoms in total. The van der Waals surface area contributed by atoms with E-state index in [0.717, 1.165) is 0 Å². The van der Waals surface area contributed by atoms with Gasteiger partial charge in [-0.2, -0.15) is 5.26 Å². The summed E-state index contributed by atoms with van der Waals surface area (Å²) in [6.07, 6.45) is 0. The molecular formula is C22H22N6O6. The zero-order chi connectivity index (χ0) is 25.3. The average Bonchev–Trinajstić information content (AvgIpc) is 3.33. The number of hydrogen-bond acceptors (Lipinski definition) is 7. The maximum absolute atomic E-state index is 11.3. The van der Waals surface area contributed by atoms with Crippen molar-refractivity contribution in [3.63, 3.8) is 0 Å². The Balaban J connectivity index is 0.000000208. The minimum Gasteiger partial charge on any atom is -0.392 e. The molecule has 2 aliphatic rings. The summed E-state index contributed by atoms with van der Waals surface area (Å²) in [7, 11) is 0. The second-order valence-corrected chi connectivity index (χ2v) is 7.04. The van der Waals surface area contributed by atoms with Crippen molar-refractivity contribution >= 4 is 29.8 Å². The van der Waals surface area contributed by atoms with Crippen LogP contribution in [0.1, 0.15) is 41.3 Å². The van der Waals surface area contributed by atoms with Crippen LogP contribution in [0.4, 0.5) is 9.59 Å². The fraction of sp³-hybridized carbons (Fsp3) is 0.182. The molecule has 2 unspecified atom stereocenters. The number of urea groups is 2. The summed E-state index contributed by atoms with van der Waals surface area (Å²) in [5.74, 6) is -1.09. The van der Waals surface area contributed by atoms with Gasteiger partial charge < -0.3 is 21.5 Å². The van der Waals surface area contributed by atoms with Gasteiger partial charge in [-0.25, -0.2) is 9.59 Å². The van der Waals surface area contributed by atoms with Crippen molar-refractivity contribution in [2.24, 2.45) is 5.73 Å². The third kappa shape index (κ3) is 7.14. The lowest BCUT2D eigenvalue weighted by atomic mass is 10.0. The van der Waals surface area contributed by atoms with Crippen LogP contribution in [-0.4, -0.2) is 34.9 Å². The lowest BCUT2D eigenvalue weighted by molar-refractivity contribution is -0.121. The van der Waals surface area contributed by atoms with E-state index in [1.807, 2.05) is 6.07 Å². The number of nitrogens with zero attached hydrogens (tertiary/aromatic N) is 1. The van der Waals surface area contributed by atoms with Crippen molar-refractivity contribution in [2.75, 3.05) is 0 Å². The van der Waals surface area contributed by atoms with Crippen molar-refractivity contribution < 1.29 is 29.1 Å². The number of nitriles is 1. The Bertz CT molecular complexity index is 1150. The first-order chi connectivity index (χ1) is 16.1. The largest absolute Gasteiger partial charge is 0.392 e. The first-order valence-corrected chi connectivity index (χ1v) is 9.83. The minimum absolute atomic E-state index is 0.0872. The molecule has 0 saturated carbocycles. The zero-order valence-electron chi connectivity index (χ0n) is 18.0. The summed E-state index contributed by atoms with van der Waals surface area (Å²) < 4.78 is 0. The Hall–Kier alpha value is -4.76.